The fourth-order valence-corrected chi connectivity index (χ4v) is 9.17. The van der Waals surface area contributed by atoms with Crippen LogP contribution < -0.4 is 18.9 Å². The summed E-state index contributed by atoms with van der Waals surface area (Å²) in [5, 5.41) is 25.3. The summed E-state index contributed by atoms with van der Waals surface area (Å²) >= 11 is 0. The molecule has 13 rings (SSSR count). The Kier molecular flexibility index (Phi) is 13.3. The highest BCUT2D eigenvalue weighted by atomic mass is 16.5. The third-order valence-corrected chi connectivity index (χ3v) is 13.4. The van der Waals surface area contributed by atoms with Crippen LogP contribution in [0.3, 0.4) is 0 Å². The van der Waals surface area contributed by atoms with Gasteiger partial charge in [-0.1, -0.05) is 168 Å². The maximum absolute atomic E-state index is 12.7. The van der Waals surface area contributed by atoms with Crippen LogP contribution in [0.25, 0.3) is 12.2 Å². The van der Waals surface area contributed by atoms with Crippen LogP contribution in [0.5, 0.6) is 34.5 Å². The van der Waals surface area contributed by atoms with Crippen molar-refractivity contribution in [1.29, 1.82) is 0 Å². The lowest BCUT2D eigenvalue weighted by Gasteiger charge is -2.28. The zero-order valence-corrected chi connectivity index (χ0v) is 42.6. The lowest BCUT2D eigenvalue weighted by Crippen LogP contribution is -2.18. The number of benzene rings is 6. The van der Waals surface area contributed by atoms with Crippen LogP contribution in [-0.2, 0) is 47.3 Å². The molecule has 6 aromatic rings. The topological polar surface area (TPSA) is 77.4 Å². The maximum atomic E-state index is 12.7. The summed E-state index contributed by atoms with van der Waals surface area (Å²) in [6, 6.07) is 33.9. The molecule has 0 aromatic heterocycles. The van der Waals surface area contributed by atoms with Gasteiger partial charge in [0.2, 0.25) is 0 Å². The summed E-state index contributed by atoms with van der Waals surface area (Å²) in [5.74, 6) is 3.57. The molecule has 7 aliphatic rings. The van der Waals surface area contributed by atoms with Gasteiger partial charge < -0.3 is 29.2 Å². The molecule has 2 N–H and O–H groups in total. The Morgan fingerprint density at radius 1 is 0.324 bits per heavy atom. The highest BCUT2D eigenvalue weighted by Crippen LogP contribution is 2.44. The first-order valence-corrected chi connectivity index (χ1v) is 24.4. The molecular weight excluding hydrogens is 841 g/mol. The molecule has 0 radical (unpaired) electrons. The standard InChI is InChI=1S/C62H72O6/c1-59(2,3)49-31-41-27-45-35-51(61(7,8)9)37-47-29-43-33-50(60(4,5)6)34-44(56(43)64)30-48-38-52(62(10,11)12)36-46(28-42(32-49)55(41)63)58(48)68-26-24-66-54-21-17-40(18-22-54)14-13-39-15-19-53(20-16-39)65-23-25-67-57(45)47/h13-22,31-38,63-64H,23-30H2,1-12H3/b14-13-. The minimum atomic E-state index is -0.209. The summed E-state index contributed by atoms with van der Waals surface area (Å²) in [5.41, 5.74) is 13.1. The minimum Gasteiger partial charge on any atom is -0.507 e. The Bertz CT molecular complexity index is 2530. The Balaban J connectivity index is 1.40. The van der Waals surface area contributed by atoms with E-state index < -0.39 is 0 Å². The molecule has 6 aliphatic heterocycles. The minimum absolute atomic E-state index is 0.203. The van der Waals surface area contributed by atoms with E-state index in [1.165, 1.54) is 0 Å². The van der Waals surface area contributed by atoms with Crippen LogP contribution in [0.4, 0.5) is 0 Å². The van der Waals surface area contributed by atoms with Crippen LogP contribution in [-0.4, -0.2) is 36.6 Å². The van der Waals surface area contributed by atoms with Gasteiger partial charge in [-0.05, 0) is 124 Å². The van der Waals surface area contributed by atoms with Crippen molar-refractivity contribution in [3.8, 4) is 34.5 Å². The number of phenols is 2. The third-order valence-electron chi connectivity index (χ3n) is 13.4. The molecule has 6 aromatic carbocycles. The molecule has 0 saturated heterocycles. The summed E-state index contributed by atoms with van der Waals surface area (Å²) in [6.45, 7) is 28.0. The Morgan fingerprint density at radius 3 is 0.809 bits per heavy atom. The number of ether oxygens (including phenoxy) is 4. The lowest BCUT2D eigenvalue weighted by molar-refractivity contribution is 0.214. The summed E-state index contributed by atoms with van der Waals surface area (Å²) in [7, 11) is 0. The van der Waals surface area contributed by atoms with Gasteiger partial charge in [0.05, 0.1) is 0 Å². The van der Waals surface area contributed by atoms with Gasteiger partial charge >= 0.3 is 0 Å². The van der Waals surface area contributed by atoms with Crippen LogP contribution in [0.2, 0.25) is 0 Å². The molecule has 68 heavy (non-hydrogen) atoms. The molecule has 0 spiro atoms. The number of hydrogen-bond donors (Lipinski definition) is 2. The van der Waals surface area contributed by atoms with Crippen molar-refractivity contribution in [2.75, 3.05) is 26.4 Å². The van der Waals surface area contributed by atoms with E-state index in [2.05, 4.69) is 168 Å². The number of hydrogen-bond acceptors (Lipinski definition) is 6. The van der Waals surface area contributed by atoms with E-state index >= 15 is 0 Å². The average Bonchev–Trinajstić information content (AvgIpc) is 3.25. The van der Waals surface area contributed by atoms with E-state index in [-0.39, 0.29) is 33.2 Å². The number of aromatic hydroxyl groups is 2. The summed E-state index contributed by atoms with van der Waals surface area (Å²) < 4.78 is 26.5. The fourth-order valence-electron chi connectivity index (χ4n) is 9.17. The molecule has 356 valence electrons. The summed E-state index contributed by atoms with van der Waals surface area (Å²) in [4.78, 5) is 0. The van der Waals surface area contributed by atoms with E-state index in [1.54, 1.807) is 0 Å². The number of phenolic OH excluding ortho intramolecular Hbond substituents is 2. The zero-order valence-electron chi connectivity index (χ0n) is 42.6. The van der Waals surface area contributed by atoms with Gasteiger partial charge in [0.15, 0.2) is 0 Å². The van der Waals surface area contributed by atoms with Gasteiger partial charge in [0.25, 0.3) is 0 Å². The predicted octanol–water partition coefficient (Wildman–Crippen LogP) is 14.4. The lowest BCUT2D eigenvalue weighted by atomic mass is 9.79. The van der Waals surface area contributed by atoms with Crippen molar-refractivity contribution >= 4 is 12.2 Å². The molecule has 0 amide bonds. The quantitative estimate of drug-likeness (QED) is 0.158. The molecule has 6 heterocycles. The maximum Gasteiger partial charge on any atom is 0.126 e. The normalized spacial score (nSPS) is 15.3. The summed E-state index contributed by atoms with van der Waals surface area (Å²) in [6.07, 6.45) is 5.90. The first-order valence-electron chi connectivity index (χ1n) is 24.4. The van der Waals surface area contributed by atoms with Gasteiger partial charge in [-0.25, -0.2) is 0 Å². The van der Waals surface area contributed by atoms with Crippen molar-refractivity contribution in [2.24, 2.45) is 0 Å². The van der Waals surface area contributed by atoms with E-state index in [9.17, 15) is 10.2 Å². The smallest absolute Gasteiger partial charge is 0.126 e. The highest BCUT2D eigenvalue weighted by molar-refractivity contribution is 5.70. The van der Waals surface area contributed by atoms with E-state index in [4.69, 9.17) is 18.9 Å². The monoisotopic (exact) mass is 913 g/mol. The van der Waals surface area contributed by atoms with E-state index in [0.29, 0.717) is 52.1 Å². The van der Waals surface area contributed by atoms with Crippen LogP contribution in [0.1, 0.15) is 161 Å². The molecular formula is C62H72O6. The molecule has 0 fully saturated rings. The Morgan fingerprint density at radius 2 is 0.559 bits per heavy atom. The van der Waals surface area contributed by atoms with E-state index in [0.717, 1.165) is 101 Å². The molecule has 1 aliphatic carbocycles. The van der Waals surface area contributed by atoms with Gasteiger partial charge in [-0.2, -0.15) is 0 Å². The highest BCUT2D eigenvalue weighted by Gasteiger charge is 2.29. The first kappa shape index (κ1) is 48.3. The molecule has 0 atom stereocenters. The van der Waals surface area contributed by atoms with E-state index in [1.807, 2.05) is 24.3 Å². The second kappa shape index (κ2) is 18.7. The third kappa shape index (κ3) is 11.1. The molecule has 6 nitrogen and oxygen atoms in total. The Hall–Kier alpha value is -6.14. The second-order valence-electron chi connectivity index (χ2n) is 23.1. The Labute approximate surface area is 406 Å². The van der Waals surface area contributed by atoms with Crippen molar-refractivity contribution in [3.63, 3.8) is 0 Å². The molecule has 0 unspecified atom stereocenters. The first-order chi connectivity index (χ1) is 32.0. The second-order valence-corrected chi connectivity index (χ2v) is 23.1. The zero-order chi connectivity index (χ0) is 48.8. The van der Waals surface area contributed by atoms with Gasteiger partial charge in [-0.3, -0.25) is 0 Å². The van der Waals surface area contributed by atoms with Crippen molar-refractivity contribution in [3.05, 3.63) is 175 Å². The van der Waals surface area contributed by atoms with Crippen LogP contribution >= 0.6 is 0 Å². The SMILES string of the molecule is CC(C)(C)c1cc2c(O)c(c1)Cc1cc(C(C)(C)C)cc3c1OCCOc1ccc(cc1)/C=C\c1ccc(cc1)OCCOc1c(cc(C(C)(C)C)cc1Cc1cc(C(C)(C)C)cc(c1O)C3)C2. The van der Waals surface area contributed by atoms with Crippen molar-refractivity contribution in [2.45, 2.75) is 130 Å². The van der Waals surface area contributed by atoms with Crippen molar-refractivity contribution in [1.82, 2.24) is 0 Å². The van der Waals surface area contributed by atoms with Gasteiger partial charge in [-0.15, -0.1) is 0 Å². The fraction of sp³-hybridized carbons (Fsp3) is 0.387. The molecule has 0 saturated carbocycles. The molecule has 14 bridgehead atoms. The van der Waals surface area contributed by atoms with Crippen LogP contribution in [0, 0.1) is 0 Å². The number of rotatable bonds is 0. The van der Waals surface area contributed by atoms with Crippen LogP contribution in [0.15, 0.2) is 97.1 Å². The van der Waals surface area contributed by atoms with Gasteiger partial charge in [0.1, 0.15) is 60.9 Å². The average molecular weight is 913 g/mol. The van der Waals surface area contributed by atoms with Crippen molar-refractivity contribution < 1.29 is 29.2 Å². The van der Waals surface area contributed by atoms with Gasteiger partial charge in [0, 0.05) is 25.7 Å². The largest absolute Gasteiger partial charge is 0.507 e. The predicted molar refractivity (Wildman–Crippen MR) is 279 cm³/mol. The molecule has 6 heteroatoms.